The number of hydrogen-bond acceptors (Lipinski definition) is 2. The van der Waals surface area contributed by atoms with Gasteiger partial charge in [0.05, 0.1) is 5.60 Å². The molecular formula is C9H17NO. The van der Waals surface area contributed by atoms with Crippen LogP contribution in [0, 0.1) is 5.92 Å². The van der Waals surface area contributed by atoms with Crippen LogP contribution >= 0.6 is 0 Å². The van der Waals surface area contributed by atoms with Crippen LogP contribution in [-0.2, 0) is 0 Å². The second-order valence-corrected chi connectivity index (χ2v) is 4.00. The van der Waals surface area contributed by atoms with Gasteiger partial charge in [0.15, 0.2) is 0 Å². The first-order chi connectivity index (χ1) is 5.31. The van der Waals surface area contributed by atoms with E-state index in [0.717, 1.165) is 25.9 Å². The van der Waals surface area contributed by atoms with Gasteiger partial charge < -0.3 is 10.4 Å². The first-order valence-corrected chi connectivity index (χ1v) is 4.74. The van der Waals surface area contributed by atoms with Crippen LogP contribution in [0.25, 0.3) is 0 Å². The average molecular weight is 155 g/mol. The molecule has 1 saturated heterocycles. The zero-order valence-corrected chi connectivity index (χ0v) is 6.97. The molecule has 64 valence electrons. The van der Waals surface area contributed by atoms with E-state index in [1.165, 1.54) is 19.3 Å². The second kappa shape index (κ2) is 2.76. The lowest BCUT2D eigenvalue weighted by Crippen LogP contribution is -2.51. The SMILES string of the molecule is O[C@]12CCCC[C@H]1CNCC2. The molecule has 0 spiro atoms. The molecule has 11 heavy (non-hydrogen) atoms. The molecule has 2 aliphatic rings. The van der Waals surface area contributed by atoms with Crippen molar-refractivity contribution in [2.75, 3.05) is 13.1 Å². The van der Waals surface area contributed by atoms with Crippen LogP contribution in [0.4, 0.5) is 0 Å². The van der Waals surface area contributed by atoms with Gasteiger partial charge in [-0.3, -0.25) is 0 Å². The van der Waals surface area contributed by atoms with Crippen LogP contribution in [0.15, 0.2) is 0 Å². The van der Waals surface area contributed by atoms with Crippen molar-refractivity contribution in [2.24, 2.45) is 5.92 Å². The Bertz CT molecular complexity index is 134. The molecule has 0 amide bonds. The van der Waals surface area contributed by atoms with E-state index >= 15 is 0 Å². The summed E-state index contributed by atoms with van der Waals surface area (Å²) in [4.78, 5) is 0. The van der Waals surface area contributed by atoms with Crippen molar-refractivity contribution in [3.8, 4) is 0 Å². The maximum absolute atomic E-state index is 10.2. The van der Waals surface area contributed by atoms with Gasteiger partial charge in [-0.2, -0.15) is 0 Å². The Kier molecular flexibility index (Phi) is 1.90. The Hall–Kier alpha value is -0.0800. The maximum atomic E-state index is 10.2. The predicted molar refractivity (Wildman–Crippen MR) is 44.4 cm³/mol. The van der Waals surface area contributed by atoms with Crippen LogP contribution in [0.1, 0.15) is 32.1 Å². The van der Waals surface area contributed by atoms with Crippen LogP contribution < -0.4 is 5.32 Å². The standard InChI is InChI=1S/C9H17NO/c11-9-4-2-1-3-8(9)7-10-6-5-9/h8,10-11H,1-7H2/t8-,9-/m0/s1. The molecule has 1 saturated carbocycles. The predicted octanol–water partition coefficient (Wildman–Crippen LogP) is 0.901. The smallest absolute Gasteiger partial charge is 0.0700 e. The van der Waals surface area contributed by atoms with Crippen LogP contribution in [-0.4, -0.2) is 23.8 Å². The molecule has 2 rings (SSSR count). The van der Waals surface area contributed by atoms with Gasteiger partial charge in [0.1, 0.15) is 0 Å². The fourth-order valence-electron chi connectivity index (χ4n) is 2.50. The zero-order chi connectivity index (χ0) is 7.73. The molecule has 2 fully saturated rings. The van der Waals surface area contributed by atoms with Crippen LogP contribution in [0.5, 0.6) is 0 Å². The highest BCUT2D eigenvalue weighted by atomic mass is 16.3. The Morgan fingerprint density at radius 2 is 2.18 bits per heavy atom. The fourth-order valence-corrected chi connectivity index (χ4v) is 2.50. The van der Waals surface area contributed by atoms with E-state index in [-0.39, 0.29) is 5.60 Å². The van der Waals surface area contributed by atoms with E-state index in [1.807, 2.05) is 0 Å². The Labute approximate surface area is 68.0 Å². The molecule has 0 aromatic heterocycles. The number of hydrogen-bond donors (Lipinski definition) is 2. The van der Waals surface area contributed by atoms with Crippen LogP contribution in [0.2, 0.25) is 0 Å². The van der Waals surface area contributed by atoms with Gasteiger partial charge in [0, 0.05) is 12.5 Å². The molecule has 0 aromatic rings. The number of piperidine rings is 1. The number of nitrogens with one attached hydrogen (secondary N) is 1. The number of aliphatic hydroxyl groups is 1. The van der Waals surface area contributed by atoms with Crippen molar-refractivity contribution in [1.29, 1.82) is 0 Å². The molecule has 0 radical (unpaired) electrons. The molecule has 2 nitrogen and oxygen atoms in total. The minimum Gasteiger partial charge on any atom is -0.390 e. The van der Waals surface area contributed by atoms with Gasteiger partial charge in [-0.05, 0) is 25.8 Å². The topological polar surface area (TPSA) is 32.3 Å². The molecule has 0 aromatic carbocycles. The van der Waals surface area contributed by atoms with Gasteiger partial charge >= 0.3 is 0 Å². The van der Waals surface area contributed by atoms with E-state index in [0.29, 0.717) is 5.92 Å². The minimum atomic E-state index is -0.288. The molecule has 2 heteroatoms. The largest absolute Gasteiger partial charge is 0.390 e. The third-order valence-electron chi connectivity index (χ3n) is 3.30. The van der Waals surface area contributed by atoms with Crippen molar-refractivity contribution < 1.29 is 5.11 Å². The average Bonchev–Trinajstić information content (AvgIpc) is 2.03. The maximum Gasteiger partial charge on any atom is 0.0700 e. The third kappa shape index (κ3) is 1.30. The highest BCUT2D eigenvalue weighted by Gasteiger charge is 2.39. The van der Waals surface area contributed by atoms with Crippen molar-refractivity contribution in [2.45, 2.75) is 37.7 Å². The quantitative estimate of drug-likeness (QED) is 0.545. The summed E-state index contributed by atoms with van der Waals surface area (Å²) >= 11 is 0. The summed E-state index contributed by atoms with van der Waals surface area (Å²) in [6, 6.07) is 0. The third-order valence-corrected chi connectivity index (χ3v) is 3.30. The number of rotatable bonds is 0. The van der Waals surface area contributed by atoms with Crippen molar-refractivity contribution in [3.05, 3.63) is 0 Å². The van der Waals surface area contributed by atoms with E-state index in [4.69, 9.17) is 0 Å². The summed E-state index contributed by atoms with van der Waals surface area (Å²) in [6.45, 7) is 2.05. The zero-order valence-electron chi connectivity index (χ0n) is 6.97. The summed E-state index contributed by atoms with van der Waals surface area (Å²) in [6.07, 6.45) is 5.78. The molecule has 1 aliphatic carbocycles. The second-order valence-electron chi connectivity index (χ2n) is 4.00. The summed E-state index contributed by atoms with van der Waals surface area (Å²) < 4.78 is 0. The Morgan fingerprint density at radius 1 is 1.27 bits per heavy atom. The highest BCUT2D eigenvalue weighted by Crippen LogP contribution is 2.37. The number of fused-ring (bicyclic) bond motifs is 1. The highest BCUT2D eigenvalue weighted by molar-refractivity contribution is 4.94. The van der Waals surface area contributed by atoms with Gasteiger partial charge in [0.2, 0.25) is 0 Å². The lowest BCUT2D eigenvalue weighted by Gasteiger charge is -2.43. The molecule has 1 aliphatic heterocycles. The Balaban J connectivity index is 2.06. The summed E-state index contributed by atoms with van der Waals surface area (Å²) in [5.74, 6) is 0.546. The van der Waals surface area contributed by atoms with Gasteiger partial charge in [0.25, 0.3) is 0 Å². The lowest BCUT2D eigenvalue weighted by molar-refractivity contribution is -0.0671. The minimum absolute atomic E-state index is 0.288. The molecule has 0 bridgehead atoms. The summed E-state index contributed by atoms with van der Waals surface area (Å²) in [5.41, 5.74) is -0.288. The molecule has 2 atom stereocenters. The lowest BCUT2D eigenvalue weighted by atomic mass is 9.72. The fraction of sp³-hybridized carbons (Fsp3) is 1.00. The first kappa shape index (κ1) is 7.56. The van der Waals surface area contributed by atoms with Gasteiger partial charge in [-0.15, -0.1) is 0 Å². The monoisotopic (exact) mass is 155 g/mol. The Morgan fingerprint density at radius 3 is 3.00 bits per heavy atom. The van der Waals surface area contributed by atoms with Gasteiger partial charge in [-0.25, -0.2) is 0 Å². The van der Waals surface area contributed by atoms with Crippen molar-refractivity contribution >= 4 is 0 Å². The molecule has 0 unspecified atom stereocenters. The van der Waals surface area contributed by atoms with Crippen molar-refractivity contribution in [3.63, 3.8) is 0 Å². The van der Waals surface area contributed by atoms with E-state index in [9.17, 15) is 5.11 Å². The summed E-state index contributed by atoms with van der Waals surface area (Å²) in [7, 11) is 0. The summed E-state index contributed by atoms with van der Waals surface area (Å²) in [5, 5.41) is 13.5. The first-order valence-electron chi connectivity index (χ1n) is 4.74. The molecule has 2 N–H and O–H groups in total. The normalized spacial score (nSPS) is 45.0. The van der Waals surface area contributed by atoms with E-state index in [1.54, 1.807) is 0 Å². The van der Waals surface area contributed by atoms with Crippen LogP contribution in [0.3, 0.4) is 0 Å². The molecular weight excluding hydrogens is 138 g/mol. The molecule has 1 heterocycles. The van der Waals surface area contributed by atoms with E-state index < -0.39 is 0 Å². The van der Waals surface area contributed by atoms with E-state index in [2.05, 4.69) is 5.32 Å². The van der Waals surface area contributed by atoms with Gasteiger partial charge in [-0.1, -0.05) is 12.8 Å². The van der Waals surface area contributed by atoms with Crippen molar-refractivity contribution in [1.82, 2.24) is 5.32 Å².